The van der Waals surface area contributed by atoms with Crippen LogP contribution in [0.5, 0.6) is 0 Å². The first-order valence-electron chi connectivity index (χ1n) is 10.4. The van der Waals surface area contributed by atoms with Gasteiger partial charge in [0.2, 0.25) is 0 Å². The monoisotopic (exact) mass is 431 g/mol. The summed E-state index contributed by atoms with van der Waals surface area (Å²) in [5.74, 6) is 0.107. The number of piperidine rings is 1. The van der Waals surface area contributed by atoms with E-state index in [0.717, 1.165) is 38.4 Å². The Morgan fingerprint density at radius 3 is 2.73 bits per heavy atom. The van der Waals surface area contributed by atoms with Crippen molar-refractivity contribution in [2.24, 2.45) is 4.99 Å². The van der Waals surface area contributed by atoms with Gasteiger partial charge in [0.1, 0.15) is 5.82 Å². The number of carbonyl (C=O) groups is 1. The molecule has 1 saturated heterocycles. The lowest BCUT2D eigenvalue weighted by Crippen LogP contribution is -2.48. The summed E-state index contributed by atoms with van der Waals surface area (Å²) in [5.41, 5.74) is 0.850. The van der Waals surface area contributed by atoms with E-state index in [0.29, 0.717) is 30.3 Å². The van der Waals surface area contributed by atoms with E-state index in [1.54, 1.807) is 30.4 Å². The highest BCUT2D eigenvalue weighted by molar-refractivity contribution is 7.14. The minimum absolute atomic E-state index is 0.289. The molecule has 0 unspecified atom stereocenters. The lowest BCUT2D eigenvalue weighted by atomic mass is 10.1. The number of benzene rings is 1. The molecular weight excluding hydrogens is 401 g/mol. The van der Waals surface area contributed by atoms with Crippen LogP contribution in [0, 0.1) is 12.7 Å². The van der Waals surface area contributed by atoms with Crippen molar-refractivity contribution in [2.45, 2.75) is 32.7 Å². The standard InChI is InChI=1S/C22H30FN5OS/c1-3-24-22(27-18-8-12-28(13-9-18)20-5-4-14-30-20)26-11-10-25-21(29)17-7-6-16(2)19(23)15-17/h4-7,14-15,18H,3,8-13H2,1-2H3,(H,25,29)(H2,24,26,27). The van der Waals surface area contributed by atoms with Gasteiger partial charge in [-0.05, 0) is 61.9 Å². The molecule has 2 aromatic rings. The molecule has 0 saturated carbocycles. The highest BCUT2D eigenvalue weighted by Crippen LogP contribution is 2.24. The van der Waals surface area contributed by atoms with Gasteiger partial charge in [0, 0.05) is 37.8 Å². The maximum atomic E-state index is 13.6. The molecule has 30 heavy (non-hydrogen) atoms. The molecule has 0 bridgehead atoms. The summed E-state index contributed by atoms with van der Waals surface area (Å²) in [5, 5.41) is 13.0. The average molecular weight is 432 g/mol. The number of nitrogens with zero attached hydrogens (tertiary/aromatic N) is 2. The normalized spacial score (nSPS) is 15.2. The molecule has 1 aromatic carbocycles. The van der Waals surface area contributed by atoms with Crippen molar-refractivity contribution in [3.05, 3.63) is 52.7 Å². The third-order valence-corrected chi connectivity index (χ3v) is 6.03. The van der Waals surface area contributed by atoms with Crippen LogP contribution in [-0.2, 0) is 0 Å². The SMILES string of the molecule is CCNC(=NCCNC(=O)c1ccc(C)c(F)c1)NC1CCN(c2cccs2)CC1. The van der Waals surface area contributed by atoms with Gasteiger partial charge in [0.05, 0.1) is 11.5 Å². The van der Waals surface area contributed by atoms with Crippen LogP contribution in [-0.4, -0.2) is 50.6 Å². The van der Waals surface area contributed by atoms with Crippen LogP contribution in [0.1, 0.15) is 35.7 Å². The average Bonchev–Trinajstić information content (AvgIpc) is 3.28. The van der Waals surface area contributed by atoms with Crippen LogP contribution in [0.25, 0.3) is 0 Å². The first-order valence-corrected chi connectivity index (χ1v) is 11.3. The van der Waals surface area contributed by atoms with Crippen LogP contribution in [0.15, 0.2) is 40.7 Å². The quantitative estimate of drug-likeness (QED) is 0.358. The maximum absolute atomic E-state index is 13.6. The van der Waals surface area contributed by atoms with Crippen LogP contribution in [0.4, 0.5) is 9.39 Å². The van der Waals surface area contributed by atoms with E-state index in [4.69, 9.17) is 0 Å². The number of halogens is 1. The molecule has 1 aliphatic rings. The molecule has 162 valence electrons. The smallest absolute Gasteiger partial charge is 0.251 e. The molecule has 0 spiro atoms. The molecular formula is C22H30FN5OS. The van der Waals surface area contributed by atoms with Gasteiger partial charge >= 0.3 is 0 Å². The Kier molecular flexibility index (Phi) is 8.07. The van der Waals surface area contributed by atoms with Crippen molar-refractivity contribution in [3.8, 4) is 0 Å². The van der Waals surface area contributed by atoms with Gasteiger partial charge in [-0.25, -0.2) is 4.39 Å². The fourth-order valence-corrected chi connectivity index (χ4v) is 4.17. The largest absolute Gasteiger partial charge is 0.363 e. The van der Waals surface area contributed by atoms with E-state index >= 15 is 0 Å². The Hall–Kier alpha value is -2.61. The first kappa shape index (κ1) is 22.1. The summed E-state index contributed by atoms with van der Waals surface area (Å²) in [6, 6.07) is 9.15. The van der Waals surface area contributed by atoms with Crippen LogP contribution in [0.2, 0.25) is 0 Å². The Bertz CT molecular complexity index is 847. The molecule has 3 N–H and O–H groups in total. The van der Waals surface area contributed by atoms with Crippen molar-refractivity contribution in [1.29, 1.82) is 0 Å². The van der Waals surface area contributed by atoms with E-state index in [1.165, 1.54) is 11.1 Å². The molecule has 1 amide bonds. The second-order valence-corrected chi connectivity index (χ2v) is 8.26. The number of anilines is 1. The maximum Gasteiger partial charge on any atom is 0.251 e. The van der Waals surface area contributed by atoms with Crippen LogP contribution in [0.3, 0.4) is 0 Å². The molecule has 1 aliphatic heterocycles. The van der Waals surface area contributed by atoms with Crippen molar-refractivity contribution in [3.63, 3.8) is 0 Å². The zero-order valence-electron chi connectivity index (χ0n) is 17.6. The molecule has 3 rings (SSSR count). The predicted molar refractivity (Wildman–Crippen MR) is 122 cm³/mol. The van der Waals surface area contributed by atoms with E-state index in [9.17, 15) is 9.18 Å². The Morgan fingerprint density at radius 1 is 1.27 bits per heavy atom. The van der Waals surface area contributed by atoms with Gasteiger partial charge in [-0.1, -0.05) is 6.07 Å². The lowest BCUT2D eigenvalue weighted by molar-refractivity contribution is 0.0954. The van der Waals surface area contributed by atoms with Crippen molar-refractivity contribution >= 4 is 28.2 Å². The number of aryl methyl sites for hydroxylation is 1. The topological polar surface area (TPSA) is 68.8 Å². The minimum Gasteiger partial charge on any atom is -0.363 e. The third-order valence-electron chi connectivity index (χ3n) is 5.10. The molecule has 1 fully saturated rings. The first-order chi connectivity index (χ1) is 14.6. The molecule has 0 radical (unpaired) electrons. The molecule has 2 heterocycles. The summed E-state index contributed by atoms with van der Waals surface area (Å²) in [6.07, 6.45) is 2.11. The lowest BCUT2D eigenvalue weighted by Gasteiger charge is -2.33. The van der Waals surface area contributed by atoms with Gasteiger partial charge < -0.3 is 20.9 Å². The van der Waals surface area contributed by atoms with E-state index in [1.807, 2.05) is 6.92 Å². The number of aliphatic imine (C=N–C) groups is 1. The highest BCUT2D eigenvalue weighted by atomic mass is 32.1. The fraction of sp³-hybridized carbons (Fsp3) is 0.455. The number of rotatable bonds is 7. The second kappa shape index (κ2) is 11.0. The van der Waals surface area contributed by atoms with Crippen molar-refractivity contribution < 1.29 is 9.18 Å². The number of guanidine groups is 1. The zero-order chi connectivity index (χ0) is 21.3. The second-order valence-electron chi connectivity index (χ2n) is 7.34. The summed E-state index contributed by atoms with van der Waals surface area (Å²) in [7, 11) is 0. The number of amides is 1. The van der Waals surface area contributed by atoms with Crippen LogP contribution < -0.4 is 20.9 Å². The molecule has 1 aromatic heterocycles. The molecule has 0 atom stereocenters. The summed E-state index contributed by atoms with van der Waals surface area (Å²) in [6.45, 7) is 7.37. The Balaban J connectivity index is 1.44. The number of hydrogen-bond donors (Lipinski definition) is 3. The molecule has 6 nitrogen and oxygen atoms in total. The summed E-state index contributed by atoms with van der Waals surface area (Å²) < 4.78 is 13.6. The van der Waals surface area contributed by atoms with E-state index in [2.05, 4.69) is 43.4 Å². The van der Waals surface area contributed by atoms with Gasteiger partial charge in [-0.2, -0.15) is 0 Å². The molecule has 8 heteroatoms. The zero-order valence-corrected chi connectivity index (χ0v) is 18.4. The van der Waals surface area contributed by atoms with E-state index in [-0.39, 0.29) is 11.7 Å². The summed E-state index contributed by atoms with van der Waals surface area (Å²) >= 11 is 1.78. The van der Waals surface area contributed by atoms with Crippen molar-refractivity contribution in [2.75, 3.05) is 37.6 Å². The Labute approximate surface area is 181 Å². The number of hydrogen-bond acceptors (Lipinski definition) is 4. The Morgan fingerprint density at radius 2 is 2.07 bits per heavy atom. The fourth-order valence-electron chi connectivity index (χ4n) is 3.38. The van der Waals surface area contributed by atoms with E-state index < -0.39 is 0 Å². The third kappa shape index (κ3) is 6.19. The van der Waals surface area contributed by atoms with Gasteiger partial charge in [0.15, 0.2) is 5.96 Å². The van der Waals surface area contributed by atoms with Gasteiger partial charge in [-0.15, -0.1) is 11.3 Å². The van der Waals surface area contributed by atoms with Crippen molar-refractivity contribution in [1.82, 2.24) is 16.0 Å². The predicted octanol–water partition coefficient (Wildman–Crippen LogP) is 3.15. The van der Waals surface area contributed by atoms with Gasteiger partial charge in [-0.3, -0.25) is 9.79 Å². The number of carbonyl (C=O) groups excluding carboxylic acids is 1. The number of nitrogens with one attached hydrogen (secondary N) is 3. The minimum atomic E-state index is -0.371. The van der Waals surface area contributed by atoms with Crippen LogP contribution >= 0.6 is 11.3 Å². The molecule has 0 aliphatic carbocycles. The summed E-state index contributed by atoms with van der Waals surface area (Å²) in [4.78, 5) is 19.2. The highest BCUT2D eigenvalue weighted by Gasteiger charge is 2.20. The number of thiophene rings is 1. The van der Waals surface area contributed by atoms with Gasteiger partial charge in [0.25, 0.3) is 5.91 Å².